The Morgan fingerprint density at radius 3 is 2.76 bits per heavy atom. The summed E-state index contributed by atoms with van der Waals surface area (Å²) in [6, 6.07) is 19.8. The van der Waals surface area contributed by atoms with Crippen LogP contribution in [0.1, 0.15) is 32.7 Å². The number of benzene rings is 2. The first kappa shape index (κ1) is 26.8. The number of amides is 1. The summed E-state index contributed by atoms with van der Waals surface area (Å²) in [5.74, 6) is 0.495. The van der Waals surface area contributed by atoms with Crippen molar-refractivity contribution in [2.45, 2.75) is 25.6 Å². The first-order valence-corrected chi connectivity index (χ1v) is 12.6. The molecule has 8 nitrogen and oxygen atoms in total. The molecule has 1 amide bonds. The highest BCUT2D eigenvalue weighted by Gasteiger charge is 2.18. The van der Waals surface area contributed by atoms with Gasteiger partial charge in [-0.15, -0.1) is 0 Å². The van der Waals surface area contributed by atoms with Crippen LogP contribution < -0.4 is 4.74 Å². The summed E-state index contributed by atoms with van der Waals surface area (Å²) in [7, 11) is 1.61. The third-order valence-corrected chi connectivity index (χ3v) is 6.29. The van der Waals surface area contributed by atoms with E-state index in [-0.39, 0.29) is 12.5 Å². The van der Waals surface area contributed by atoms with Crippen LogP contribution in [0, 0.1) is 0 Å². The van der Waals surface area contributed by atoms with Crippen molar-refractivity contribution >= 4 is 5.91 Å². The smallest absolute Gasteiger partial charge is 0.253 e. The van der Waals surface area contributed by atoms with E-state index in [1.807, 2.05) is 36.5 Å². The molecular weight excluding hydrogens is 470 g/mol. The molecule has 1 atom stereocenters. The molecular formula is C29H35N3O5. The molecule has 4 rings (SSSR count). The van der Waals surface area contributed by atoms with Crippen LogP contribution in [0.25, 0.3) is 0 Å². The lowest BCUT2D eigenvalue weighted by atomic mass is 9.99. The van der Waals surface area contributed by atoms with Crippen LogP contribution in [0.4, 0.5) is 0 Å². The number of carbonyl (C=O) groups is 1. The van der Waals surface area contributed by atoms with Crippen molar-refractivity contribution < 1.29 is 24.5 Å². The van der Waals surface area contributed by atoms with Crippen molar-refractivity contribution in [3.63, 3.8) is 0 Å². The summed E-state index contributed by atoms with van der Waals surface area (Å²) in [5.41, 5.74) is 4.75. The predicted molar refractivity (Wildman–Crippen MR) is 140 cm³/mol. The van der Waals surface area contributed by atoms with Crippen LogP contribution in [-0.4, -0.2) is 83.6 Å². The maximum atomic E-state index is 13.0. The molecule has 1 aliphatic heterocycles. The number of aromatic nitrogens is 1. The third-order valence-electron chi connectivity index (χ3n) is 6.29. The van der Waals surface area contributed by atoms with Crippen LogP contribution >= 0.6 is 0 Å². The number of pyridine rings is 1. The Balaban J connectivity index is 1.57. The van der Waals surface area contributed by atoms with Gasteiger partial charge in [-0.25, -0.2) is 0 Å². The largest absolute Gasteiger partial charge is 0.491 e. The van der Waals surface area contributed by atoms with Gasteiger partial charge in [0.25, 0.3) is 5.91 Å². The number of ether oxygens (including phenoxy) is 2. The summed E-state index contributed by atoms with van der Waals surface area (Å²) < 4.78 is 11.9. The zero-order valence-electron chi connectivity index (χ0n) is 21.3. The number of carbonyl (C=O) groups excluding carboxylic acids is 1. The molecule has 196 valence electrons. The Bertz CT molecular complexity index is 1160. The number of hydrogen-bond donors (Lipinski definition) is 2. The van der Waals surface area contributed by atoms with Gasteiger partial charge in [-0.05, 0) is 47.0 Å². The lowest BCUT2D eigenvalue weighted by molar-refractivity contribution is 0.0520. The zero-order valence-corrected chi connectivity index (χ0v) is 21.3. The van der Waals surface area contributed by atoms with Gasteiger partial charge < -0.3 is 24.6 Å². The summed E-state index contributed by atoms with van der Waals surface area (Å²) in [4.78, 5) is 21.2. The SMILES string of the molecule is CN(CC(O)CO)C(=O)c1ccc2c(c1)Cc1cccc(c1)CN(Cc1ccccn1)CCOCCO2. The molecule has 1 unspecified atom stereocenters. The fourth-order valence-corrected chi connectivity index (χ4v) is 4.43. The average Bonchev–Trinajstić information content (AvgIpc) is 2.91. The Labute approximate surface area is 218 Å². The molecule has 0 aliphatic carbocycles. The van der Waals surface area contributed by atoms with Crippen molar-refractivity contribution in [1.82, 2.24) is 14.8 Å². The molecule has 1 aromatic heterocycles. The van der Waals surface area contributed by atoms with Crippen LogP contribution in [0.5, 0.6) is 5.75 Å². The zero-order chi connectivity index (χ0) is 26.0. The highest BCUT2D eigenvalue weighted by atomic mass is 16.5. The molecule has 0 saturated carbocycles. The van der Waals surface area contributed by atoms with Crippen LogP contribution in [0.3, 0.4) is 0 Å². The van der Waals surface area contributed by atoms with Crippen molar-refractivity contribution in [2.24, 2.45) is 0 Å². The van der Waals surface area contributed by atoms with E-state index in [9.17, 15) is 9.90 Å². The van der Waals surface area contributed by atoms with Crippen molar-refractivity contribution in [2.75, 3.05) is 46.6 Å². The first-order chi connectivity index (χ1) is 18.0. The second-order valence-corrected chi connectivity index (χ2v) is 9.33. The molecule has 0 radical (unpaired) electrons. The van der Waals surface area contributed by atoms with Gasteiger partial charge in [0.1, 0.15) is 12.4 Å². The fraction of sp³-hybridized carbons (Fsp3) is 0.379. The Morgan fingerprint density at radius 2 is 1.95 bits per heavy atom. The van der Waals surface area contributed by atoms with Gasteiger partial charge in [-0.1, -0.05) is 30.3 Å². The minimum Gasteiger partial charge on any atom is -0.491 e. The first-order valence-electron chi connectivity index (χ1n) is 12.6. The highest BCUT2D eigenvalue weighted by molar-refractivity contribution is 5.94. The number of aliphatic hydroxyl groups is 2. The maximum absolute atomic E-state index is 13.0. The lowest BCUT2D eigenvalue weighted by Crippen LogP contribution is -2.35. The standard InChI is InChI=1S/C29H35N3O5/c1-31(20-27(34)21-33)29(35)24-8-9-28-25(17-24)16-22-5-4-6-23(15-22)18-32(11-12-36-13-14-37-28)19-26-7-2-3-10-30-26/h2-10,15,17,27,33-34H,11-14,16,18-21H2,1H3. The van der Waals surface area contributed by atoms with Crippen molar-refractivity contribution in [1.29, 1.82) is 0 Å². The Hall–Kier alpha value is -3.30. The van der Waals surface area contributed by atoms with Gasteiger partial charge in [-0.3, -0.25) is 14.7 Å². The third kappa shape index (κ3) is 7.84. The van der Waals surface area contributed by atoms with E-state index in [0.29, 0.717) is 31.8 Å². The summed E-state index contributed by atoms with van der Waals surface area (Å²) in [5, 5.41) is 18.8. The highest BCUT2D eigenvalue weighted by Crippen LogP contribution is 2.25. The number of nitrogens with zero attached hydrogens (tertiary/aromatic N) is 3. The normalized spacial score (nSPS) is 15.6. The van der Waals surface area contributed by atoms with Gasteiger partial charge in [-0.2, -0.15) is 0 Å². The topological polar surface area (TPSA) is 95.4 Å². The summed E-state index contributed by atoms with van der Waals surface area (Å²) in [6.45, 7) is 3.40. The van der Waals surface area contributed by atoms with Gasteiger partial charge in [0.15, 0.2) is 0 Å². The quantitative estimate of drug-likeness (QED) is 0.532. The fourth-order valence-electron chi connectivity index (χ4n) is 4.43. The van der Waals surface area contributed by atoms with E-state index in [0.717, 1.165) is 42.2 Å². The Kier molecular flexibility index (Phi) is 9.62. The monoisotopic (exact) mass is 505 g/mol. The molecule has 0 spiro atoms. The van der Waals surface area contributed by atoms with Crippen LogP contribution in [0.2, 0.25) is 0 Å². The van der Waals surface area contributed by atoms with Gasteiger partial charge in [0.2, 0.25) is 0 Å². The van der Waals surface area contributed by atoms with Crippen molar-refractivity contribution in [3.05, 3.63) is 94.8 Å². The minimum atomic E-state index is -0.977. The van der Waals surface area contributed by atoms with E-state index < -0.39 is 12.7 Å². The van der Waals surface area contributed by atoms with Crippen LogP contribution in [0.15, 0.2) is 66.9 Å². The second-order valence-electron chi connectivity index (χ2n) is 9.33. The lowest BCUT2D eigenvalue weighted by Gasteiger charge is -2.23. The molecule has 37 heavy (non-hydrogen) atoms. The molecule has 2 aromatic carbocycles. The van der Waals surface area contributed by atoms with E-state index in [2.05, 4.69) is 34.1 Å². The predicted octanol–water partition coefficient (Wildman–Crippen LogP) is 2.51. The van der Waals surface area contributed by atoms with E-state index in [1.54, 1.807) is 13.1 Å². The van der Waals surface area contributed by atoms with Crippen LogP contribution in [-0.2, 0) is 24.2 Å². The molecule has 0 saturated heterocycles. The number of likely N-dealkylation sites (N-methyl/N-ethyl adjacent to an activating group) is 1. The number of hydrogen-bond acceptors (Lipinski definition) is 7. The van der Waals surface area contributed by atoms with E-state index >= 15 is 0 Å². The molecule has 1 aliphatic rings. The number of aliphatic hydroxyl groups excluding tert-OH is 2. The molecule has 8 heteroatoms. The second kappa shape index (κ2) is 13.3. The van der Waals surface area contributed by atoms with E-state index in [1.165, 1.54) is 10.5 Å². The summed E-state index contributed by atoms with van der Waals surface area (Å²) >= 11 is 0. The molecule has 2 heterocycles. The minimum absolute atomic E-state index is 0.0529. The van der Waals surface area contributed by atoms with Crippen molar-refractivity contribution in [3.8, 4) is 5.75 Å². The molecule has 3 aromatic rings. The number of fused-ring (bicyclic) bond motifs is 3. The maximum Gasteiger partial charge on any atom is 0.253 e. The number of rotatable bonds is 6. The average molecular weight is 506 g/mol. The van der Waals surface area contributed by atoms with Gasteiger partial charge in [0, 0.05) is 51.4 Å². The Morgan fingerprint density at radius 1 is 1.08 bits per heavy atom. The molecule has 2 N–H and O–H groups in total. The van der Waals surface area contributed by atoms with Gasteiger partial charge >= 0.3 is 0 Å². The molecule has 2 bridgehead atoms. The summed E-state index contributed by atoms with van der Waals surface area (Å²) in [6.07, 6.45) is 1.44. The van der Waals surface area contributed by atoms with E-state index in [4.69, 9.17) is 14.6 Å². The van der Waals surface area contributed by atoms with Gasteiger partial charge in [0.05, 0.1) is 31.6 Å². The molecule has 0 fully saturated rings.